The van der Waals surface area contributed by atoms with E-state index in [2.05, 4.69) is 4.99 Å². The summed E-state index contributed by atoms with van der Waals surface area (Å²) in [6.45, 7) is 0.840. The number of thioether (sulfide) groups is 1. The minimum atomic E-state index is -0.437. The topological polar surface area (TPSA) is 86.7 Å². The molecule has 0 unspecified atom stereocenters. The molecule has 0 bridgehead atoms. The Morgan fingerprint density at radius 1 is 1.33 bits per heavy atom. The van der Waals surface area contributed by atoms with Gasteiger partial charge in [-0.3, -0.25) is 14.9 Å². The number of nitro benzene ring substituents is 1. The maximum Gasteiger partial charge on any atom is 0.279 e. The minimum absolute atomic E-state index is 0.00276. The molecule has 0 saturated carbocycles. The second-order valence-corrected chi connectivity index (χ2v) is 7.48. The highest BCUT2D eigenvalue weighted by Gasteiger charge is 2.13. The van der Waals surface area contributed by atoms with Crippen molar-refractivity contribution in [1.29, 1.82) is 0 Å². The number of benzene rings is 2. The Kier molecular flexibility index (Phi) is 6.04. The molecular weight excluding hydrogens is 386 g/mol. The summed E-state index contributed by atoms with van der Waals surface area (Å²) in [5.74, 6) is -0.349. The van der Waals surface area contributed by atoms with Gasteiger partial charge in [0.15, 0.2) is 4.80 Å². The number of rotatable bonds is 6. The van der Waals surface area contributed by atoms with Crippen molar-refractivity contribution in [2.75, 3.05) is 20.0 Å². The predicted molar refractivity (Wildman–Crippen MR) is 106 cm³/mol. The minimum Gasteiger partial charge on any atom is -0.383 e. The number of carbonyl (C=O) groups is 1. The molecule has 0 aliphatic carbocycles. The zero-order valence-electron chi connectivity index (χ0n) is 14.7. The number of thiazole rings is 1. The summed E-state index contributed by atoms with van der Waals surface area (Å²) in [5, 5.41) is 11.1. The van der Waals surface area contributed by atoms with E-state index in [9.17, 15) is 14.9 Å². The number of hydrogen-bond donors (Lipinski definition) is 0. The van der Waals surface area contributed by atoms with Crippen molar-refractivity contribution in [3.05, 3.63) is 62.9 Å². The highest BCUT2D eigenvalue weighted by molar-refractivity contribution is 7.98. The van der Waals surface area contributed by atoms with E-state index in [4.69, 9.17) is 4.74 Å². The molecule has 9 heteroatoms. The van der Waals surface area contributed by atoms with Crippen molar-refractivity contribution in [2.24, 2.45) is 4.99 Å². The third-order valence-corrected chi connectivity index (χ3v) is 5.69. The molecule has 0 saturated heterocycles. The van der Waals surface area contributed by atoms with Crippen LogP contribution < -0.4 is 4.80 Å². The first-order valence-electron chi connectivity index (χ1n) is 8.03. The van der Waals surface area contributed by atoms with Gasteiger partial charge in [0.25, 0.3) is 11.6 Å². The van der Waals surface area contributed by atoms with Crippen LogP contribution in [-0.4, -0.2) is 35.4 Å². The van der Waals surface area contributed by atoms with Crippen LogP contribution in [0.4, 0.5) is 5.69 Å². The standard InChI is InChI=1S/C18H17N3O4S2/c1-25-9-8-20-15-11-13(21(23)24)6-7-16(15)27-18(20)19-17(22)12-4-3-5-14(10-12)26-2/h3-7,10-11H,8-9H2,1-2H3. The number of aromatic nitrogens is 1. The van der Waals surface area contributed by atoms with Crippen LogP contribution in [-0.2, 0) is 11.3 Å². The van der Waals surface area contributed by atoms with E-state index in [-0.39, 0.29) is 11.6 Å². The Labute approximate surface area is 163 Å². The maximum absolute atomic E-state index is 12.6. The zero-order valence-corrected chi connectivity index (χ0v) is 16.4. The smallest absolute Gasteiger partial charge is 0.279 e. The largest absolute Gasteiger partial charge is 0.383 e. The van der Waals surface area contributed by atoms with Gasteiger partial charge in [-0.15, -0.1) is 11.8 Å². The van der Waals surface area contributed by atoms with E-state index in [1.54, 1.807) is 41.6 Å². The second-order valence-electron chi connectivity index (χ2n) is 5.59. The average molecular weight is 403 g/mol. The van der Waals surface area contributed by atoms with Crippen molar-refractivity contribution in [3.63, 3.8) is 0 Å². The van der Waals surface area contributed by atoms with E-state index < -0.39 is 4.92 Å². The normalized spacial score (nSPS) is 11.9. The van der Waals surface area contributed by atoms with Gasteiger partial charge in [0.1, 0.15) is 0 Å². The first-order chi connectivity index (χ1) is 13.0. The molecule has 1 heterocycles. The third-order valence-electron chi connectivity index (χ3n) is 3.91. The fraction of sp³-hybridized carbons (Fsp3) is 0.222. The summed E-state index contributed by atoms with van der Waals surface area (Å²) in [7, 11) is 1.58. The molecule has 0 N–H and O–H groups in total. The molecule has 0 atom stereocenters. The number of non-ortho nitro benzene ring substituents is 1. The number of ether oxygens (including phenoxy) is 1. The summed E-state index contributed by atoms with van der Waals surface area (Å²) < 4.78 is 7.74. The van der Waals surface area contributed by atoms with Crippen molar-refractivity contribution >= 4 is 44.9 Å². The Bertz CT molecular complexity index is 1070. The molecule has 0 radical (unpaired) electrons. The summed E-state index contributed by atoms with van der Waals surface area (Å²) in [5.41, 5.74) is 1.16. The molecule has 3 rings (SSSR count). The lowest BCUT2D eigenvalue weighted by atomic mass is 10.2. The lowest BCUT2D eigenvalue weighted by Gasteiger charge is -2.04. The molecule has 27 heavy (non-hydrogen) atoms. The van der Waals surface area contributed by atoms with Gasteiger partial charge in [0.05, 0.1) is 21.7 Å². The third kappa shape index (κ3) is 4.26. The van der Waals surface area contributed by atoms with Gasteiger partial charge in [0, 0.05) is 36.2 Å². The van der Waals surface area contributed by atoms with Crippen molar-refractivity contribution in [2.45, 2.75) is 11.4 Å². The van der Waals surface area contributed by atoms with E-state index in [1.165, 1.54) is 23.5 Å². The highest BCUT2D eigenvalue weighted by atomic mass is 32.2. The van der Waals surface area contributed by atoms with Crippen molar-refractivity contribution in [1.82, 2.24) is 4.57 Å². The number of methoxy groups -OCH3 is 1. The molecule has 1 amide bonds. The van der Waals surface area contributed by atoms with Crippen LogP contribution in [0.2, 0.25) is 0 Å². The summed E-state index contributed by atoms with van der Waals surface area (Å²) >= 11 is 2.87. The van der Waals surface area contributed by atoms with Crippen LogP contribution in [0.25, 0.3) is 10.2 Å². The monoisotopic (exact) mass is 403 g/mol. The molecule has 0 aliphatic heterocycles. The van der Waals surface area contributed by atoms with Crippen LogP contribution in [0.15, 0.2) is 52.4 Å². The van der Waals surface area contributed by atoms with E-state index in [0.717, 1.165) is 9.60 Å². The Hall–Kier alpha value is -2.49. The first-order valence-corrected chi connectivity index (χ1v) is 10.1. The maximum atomic E-state index is 12.6. The van der Waals surface area contributed by atoms with Gasteiger partial charge < -0.3 is 9.30 Å². The number of hydrogen-bond acceptors (Lipinski definition) is 6. The fourth-order valence-corrected chi connectivity index (χ4v) is 4.06. The molecule has 7 nitrogen and oxygen atoms in total. The second kappa shape index (κ2) is 8.47. The molecule has 0 fully saturated rings. The lowest BCUT2D eigenvalue weighted by molar-refractivity contribution is -0.384. The van der Waals surface area contributed by atoms with Gasteiger partial charge in [0.2, 0.25) is 0 Å². The first kappa shape index (κ1) is 19.3. The van der Waals surface area contributed by atoms with Gasteiger partial charge in [-0.1, -0.05) is 17.4 Å². The quantitative estimate of drug-likeness (QED) is 0.356. The summed E-state index contributed by atoms with van der Waals surface area (Å²) in [4.78, 5) is 29.0. The van der Waals surface area contributed by atoms with E-state index >= 15 is 0 Å². The predicted octanol–water partition coefficient (Wildman–Crippen LogP) is 3.72. The van der Waals surface area contributed by atoms with Crippen molar-refractivity contribution < 1.29 is 14.5 Å². The Morgan fingerprint density at radius 3 is 2.85 bits per heavy atom. The molecule has 0 aliphatic rings. The molecule has 3 aromatic rings. The number of carbonyl (C=O) groups excluding carboxylic acids is 1. The van der Waals surface area contributed by atoms with E-state index in [1.807, 2.05) is 18.4 Å². The molecule has 0 spiro atoms. The Balaban J connectivity index is 2.12. The molecule has 2 aromatic carbocycles. The summed E-state index contributed by atoms with van der Waals surface area (Å²) in [6.07, 6.45) is 1.94. The zero-order chi connectivity index (χ0) is 19.4. The fourth-order valence-electron chi connectivity index (χ4n) is 2.56. The Morgan fingerprint density at radius 2 is 2.15 bits per heavy atom. The number of nitro groups is 1. The van der Waals surface area contributed by atoms with Gasteiger partial charge in [-0.05, 0) is 30.5 Å². The highest BCUT2D eigenvalue weighted by Crippen LogP contribution is 2.23. The van der Waals surface area contributed by atoms with E-state index in [0.29, 0.717) is 29.0 Å². The number of nitrogens with zero attached hydrogens (tertiary/aromatic N) is 3. The SMILES string of the molecule is COCCn1c(=NC(=O)c2cccc(SC)c2)sc2ccc([N+](=O)[O-])cc21. The number of amides is 1. The van der Waals surface area contributed by atoms with Crippen LogP contribution in [0.1, 0.15) is 10.4 Å². The van der Waals surface area contributed by atoms with Crippen LogP contribution in [0, 0.1) is 10.1 Å². The molecular formula is C18H17N3O4S2. The lowest BCUT2D eigenvalue weighted by Crippen LogP contribution is -2.19. The van der Waals surface area contributed by atoms with Gasteiger partial charge in [-0.2, -0.15) is 4.99 Å². The number of fused-ring (bicyclic) bond motifs is 1. The molecule has 1 aromatic heterocycles. The summed E-state index contributed by atoms with van der Waals surface area (Å²) in [6, 6.07) is 11.9. The van der Waals surface area contributed by atoms with Gasteiger partial charge in [-0.25, -0.2) is 0 Å². The average Bonchev–Trinajstić information content (AvgIpc) is 3.02. The van der Waals surface area contributed by atoms with Crippen molar-refractivity contribution in [3.8, 4) is 0 Å². The van der Waals surface area contributed by atoms with Gasteiger partial charge >= 0.3 is 0 Å². The van der Waals surface area contributed by atoms with Crippen LogP contribution in [0.5, 0.6) is 0 Å². The molecule has 140 valence electrons. The van der Waals surface area contributed by atoms with Crippen LogP contribution in [0.3, 0.4) is 0 Å². The van der Waals surface area contributed by atoms with Crippen LogP contribution >= 0.6 is 23.1 Å².